The van der Waals surface area contributed by atoms with Crippen LogP contribution in [0.15, 0.2) is 63.8 Å². The summed E-state index contributed by atoms with van der Waals surface area (Å²) >= 11 is 0. The van der Waals surface area contributed by atoms with Gasteiger partial charge in [0.2, 0.25) is 0 Å². The second-order valence-corrected chi connectivity index (χ2v) is 7.03. The zero-order valence-electron chi connectivity index (χ0n) is 15.4. The van der Waals surface area contributed by atoms with Crippen LogP contribution >= 0.6 is 0 Å². The Balaban J connectivity index is 1.46. The molecule has 3 aromatic rings. The Kier molecular flexibility index (Phi) is 4.77. The predicted octanol–water partition coefficient (Wildman–Crippen LogP) is 3.06. The number of amides is 1. The molecule has 138 valence electrons. The molecule has 0 spiro atoms. The van der Waals surface area contributed by atoms with Crippen LogP contribution in [0.25, 0.3) is 11.0 Å². The SMILES string of the molecule is Cc1ccc2c(=O)cc(C(=O)N3CCN(Cc4ccccc4)CC3)oc2c1. The first-order valence-electron chi connectivity index (χ1n) is 9.20. The van der Waals surface area contributed by atoms with Crippen LogP contribution < -0.4 is 5.43 Å². The minimum absolute atomic E-state index is 0.120. The molecule has 0 unspecified atom stereocenters. The van der Waals surface area contributed by atoms with Gasteiger partial charge in [0.15, 0.2) is 11.2 Å². The van der Waals surface area contributed by atoms with Gasteiger partial charge in [-0.2, -0.15) is 0 Å². The molecular weight excluding hydrogens is 340 g/mol. The second kappa shape index (κ2) is 7.37. The molecule has 5 heteroatoms. The van der Waals surface area contributed by atoms with Gasteiger partial charge in [0, 0.05) is 38.8 Å². The van der Waals surface area contributed by atoms with Crippen molar-refractivity contribution >= 4 is 16.9 Å². The number of nitrogens with zero attached hydrogens (tertiary/aromatic N) is 2. The van der Waals surface area contributed by atoms with Crippen LogP contribution in [0.1, 0.15) is 21.7 Å². The van der Waals surface area contributed by atoms with Gasteiger partial charge >= 0.3 is 0 Å². The molecular formula is C22H22N2O3. The van der Waals surface area contributed by atoms with E-state index in [1.165, 1.54) is 11.6 Å². The van der Waals surface area contributed by atoms with Crippen molar-refractivity contribution in [2.75, 3.05) is 26.2 Å². The molecule has 2 aromatic carbocycles. The van der Waals surface area contributed by atoms with E-state index in [4.69, 9.17) is 4.42 Å². The van der Waals surface area contributed by atoms with Crippen LogP contribution in [0, 0.1) is 6.92 Å². The van der Waals surface area contributed by atoms with Gasteiger partial charge in [0.05, 0.1) is 5.39 Å². The molecule has 2 heterocycles. The number of hydrogen-bond acceptors (Lipinski definition) is 4. The van der Waals surface area contributed by atoms with E-state index in [0.29, 0.717) is 24.1 Å². The van der Waals surface area contributed by atoms with Crippen molar-refractivity contribution in [1.29, 1.82) is 0 Å². The molecule has 1 saturated heterocycles. The van der Waals surface area contributed by atoms with Crippen molar-refractivity contribution < 1.29 is 9.21 Å². The van der Waals surface area contributed by atoms with Gasteiger partial charge < -0.3 is 9.32 Å². The third-order valence-electron chi connectivity index (χ3n) is 5.00. The van der Waals surface area contributed by atoms with Crippen molar-refractivity contribution in [3.8, 4) is 0 Å². The Labute approximate surface area is 157 Å². The zero-order chi connectivity index (χ0) is 18.8. The fourth-order valence-corrected chi connectivity index (χ4v) is 3.47. The van der Waals surface area contributed by atoms with Crippen molar-refractivity contribution in [2.24, 2.45) is 0 Å². The lowest BCUT2D eigenvalue weighted by Crippen LogP contribution is -2.48. The highest BCUT2D eigenvalue weighted by molar-refractivity contribution is 5.93. The molecule has 0 saturated carbocycles. The largest absolute Gasteiger partial charge is 0.451 e. The highest BCUT2D eigenvalue weighted by Crippen LogP contribution is 2.17. The van der Waals surface area contributed by atoms with E-state index in [2.05, 4.69) is 17.0 Å². The minimum atomic E-state index is -0.213. The monoisotopic (exact) mass is 362 g/mol. The molecule has 1 aromatic heterocycles. The number of carbonyl (C=O) groups excluding carboxylic acids is 1. The summed E-state index contributed by atoms with van der Waals surface area (Å²) in [6.07, 6.45) is 0. The second-order valence-electron chi connectivity index (χ2n) is 7.03. The van der Waals surface area contributed by atoms with Gasteiger partial charge in [-0.05, 0) is 30.2 Å². The van der Waals surface area contributed by atoms with E-state index in [9.17, 15) is 9.59 Å². The standard InChI is InChI=1S/C22H22N2O3/c1-16-7-8-18-19(25)14-21(27-20(18)13-16)22(26)24-11-9-23(10-12-24)15-17-5-3-2-4-6-17/h2-8,13-14H,9-12,15H2,1H3. The third-order valence-corrected chi connectivity index (χ3v) is 5.00. The quantitative estimate of drug-likeness (QED) is 0.719. The summed E-state index contributed by atoms with van der Waals surface area (Å²) in [5, 5.41) is 0.504. The van der Waals surface area contributed by atoms with Crippen LogP contribution in [-0.4, -0.2) is 41.9 Å². The first-order chi connectivity index (χ1) is 13.1. The number of fused-ring (bicyclic) bond motifs is 1. The molecule has 0 N–H and O–H groups in total. The number of benzene rings is 2. The van der Waals surface area contributed by atoms with Crippen LogP contribution in [0.2, 0.25) is 0 Å². The van der Waals surface area contributed by atoms with Crippen LogP contribution in [0.4, 0.5) is 0 Å². The fourth-order valence-electron chi connectivity index (χ4n) is 3.47. The molecule has 0 bridgehead atoms. The van der Waals surface area contributed by atoms with E-state index < -0.39 is 0 Å². The van der Waals surface area contributed by atoms with Gasteiger partial charge in [0.1, 0.15) is 5.58 Å². The predicted molar refractivity (Wildman–Crippen MR) is 105 cm³/mol. The molecule has 1 aliphatic rings. The number of hydrogen-bond donors (Lipinski definition) is 0. The number of carbonyl (C=O) groups is 1. The fraction of sp³-hybridized carbons (Fsp3) is 0.273. The van der Waals surface area contributed by atoms with E-state index in [1.807, 2.05) is 31.2 Å². The third kappa shape index (κ3) is 3.78. The maximum absolute atomic E-state index is 12.8. The average Bonchev–Trinajstić information content (AvgIpc) is 2.68. The Bertz CT molecular complexity index is 1020. The average molecular weight is 362 g/mol. The lowest BCUT2D eigenvalue weighted by molar-refractivity contribution is 0.0598. The van der Waals surface area contributed by atoms with Crippen molar-refractivity contribution in [2.45, 2.75) is 13.5 Å². The number of rotatable bonds is 3. The van der Waals surface area contributed by atoms with E-state index in [1.54, 1.807) is 17.0 Å². The molecule has 1 fully saturated rings. The molecule has 4 rings (SSSR count). The highest BCUT2D eigenvalue weighted by atomic mass is 16.3. The normalized spacial score (nSPS) is 15.2. The summed E-state index contributed by atoms with van der Waals surface area (Å²) in [4.78, 5) is 29.2. The molecule has 0 atom stereocenters. The number of piperazine rings is 1. The van der Waals surface area contributed by atoms with Crippen molar-refractivity contribution in [3.05, 3.63) is 81.7 Å². The van der Waals surface area contributed by atoms with Gasteiger partial charge in [-0.25, -0.2) is 0 Å². The van der Waals surface area contributed by atoms with Crippen LogP contribution in [-0.2, 0) is 6.54 Å². The summed E-state index contributed by atoms with van der Waals surface area (Å²) in [6.45, 7) is 5.67. The van der Waals surface area contributed by atoms with Gasteiger partial charge in [0.25, 0.3) is 5.91 Å². The highest BCUT2D eigenvalue weighted by Gasteiger charge is 2.24. The molecule has 0 aliphatic carbocycles. The lowest BCUT2D eigenvalue weighted by atomic mass is 10.1. The summed E-state index contributed by atoms with van der Waals surface area (Å²) < 4.78 is 5.76. The molecule has 1 amide bonds. The molecule has 27 heavy (non-hydrogen) atoms. The molecule has 5 nitrogen and oxygen atoms in total. The smallest absolute Gasteiger partial charge is 0.289 e. The van der Waals surface area contributed by atoms with Gasteiger partial charge in [-0.3, -0.25) is 14.5 Å². The topological polar surface area (TPSA) is 53.8 Å². The van der Waals surface area contributed by atoms with Gasteiger partial charge in [-0.15, -0.1) is 0 Å². The minimum Gasteiger partial charge on any atom is -0.451 e. The van der Waals surface area contributed by atoms with Crippen molar-refractivity contribution in [1.82, 2.24) is 9.80 Å². The van der Waals surface area contributed by atoms with Gasteiger partial charge in [-0.1, -0.05) is 36.4 Å². The van der Waals surface area contributed by atoms with Crippen LogP contribution in [0.3, 0.4) is 0 Å². The first-order valence-corrected chi connectivity index (χ1v) is 9.20. The van der Waals surface area contributed by atoms with Crippen LogP contribution in [0.5, 0.6) is 0 Å². The summed E-state index contributed by atoms with van der Waals surface area (Å²) in [6, 6.07) is 17.0. The Morgan fingerprint density at radius 3 is 2.48 bits per heavy atom. The Morgan fingerprint density at radius 1 is 1.00 bits per heavy atom. The van der Waals surface area contributed by atoms with E-state index in [-0.39, 0.29) is 17.1 Å². The molecule has 0 radical (unpaired) electrons. The summed E-state index contributed by atoms with van der Waals surface area (Å²) in [5.41, 5.74) is 2.55. The Morgan fingerprint density at radius 2 is 1.74 bits per heavy atom. The Hall–Kier alpha value is -2.92. The molecule has 1 aliphatic heterocycles. The van der Waals surface area contributed by atoms with E-state index >= 15 is 0 Å². The van der Waals surface area contributed by atoms with Crippen molar-refractivity contribution in [3.63, 3.8) is 0 Å². The number of aryl methyl sites for hydroxylation is 1. The lowest BCUT2D eigenvalue weighted by Gasteiger charge is -2.34. The summed E-state index contributed by atoms with van der Waals surface area (Å²) in [7, 11) is 0. The maximum atomic E-state index is 12.8. The van der Waals surface area contributed by atoms with E-state index in [0.717, 1.165) is 25.2 Å². The zero-order valence-corrected chi connectivity index (χ0v) is 15.4. The summed E-state index contributed by atoms with van der Waals surface area (Å²) in [5.74, 6) is -0.0931. The maximum Gasteiger partial charge on any atom is 0.289 e. The first kappa shape index (κ1) is 17.5.